The van der Waals surface area contributed by atoms with Crippen molar-refractivity contribution in [2.75, 3.05) is 18.0 Å². The quantitative estimate of drug-likeness (QED) is 0.790. The van der Waals surface area contributed by atoms with Crippen molar-refractivity contribution in [3.63, 3.8) is 0 Å². The van der Waals surface area contributed by atoms with Gasteiger partial charge in [-0.25, -0.2) is 8.42 Å². The van der Waals surface area contributed by atoms with Crippen LogP contribution < -0.4 is 5.73 Å². The van der Waals surface area contributed by atoms with Crippen LogP contribution in [-0.2, 0) is 16.6 Å². The Morgan fingerprint density at radius 1 is 1.31 bits per heavy atom. The van der Waals surface area contributed by atoms with Crippen molar-refractivity contribution in [3.05, 3.63) is 29.8 Å². The molecule has 1 aliphatic rings. The number of hydrogen-bond donors (Lipinski definition) is 1. The lowest BCUT2D eigenvalue weighted by molar-refractivity contribution is 0.378. The lowest BCUT2D eigenvalue weighted by atomic mass is 10.2. The van der Waals surface area contributed by atoms with Crippen LogP contribution in [0.4, 0.5) is 5.69 Å². The predicted octanol–water partition coefficient (Wildman–Crippen LogP) is 1.19. The highest BCUT2D eigenvalue weighted by atomic mass is 32.2. The smallest absolute Gasteiger partial charge is 0.214 e. The van der Waals surface area contributed by atoms with Crippen molar-refractivity contribution in [2.45, 2.75) is 19.4 Å². The number of nitrogens with zero attached hydrogens (tertiary/aromatic N) is 1. The van der Waals surface area contributed by atoms with Crippen LogP contribution >= 0.6 is 0 Å². The van der Waals surface area contributed by atoms with Gasteiger partial charge in [-0.3, -0.25) is 0 Å². The summed E-state index contributed by atoms with van der Waals surface area (Å²) in [5.74, 6) is 0.273. The van der Waals surface area contributed by atoms with Crippen molar-refractivity contribution in [1.82, 2.24) is 4.31 Å². The number of rotatable bonds is 2. The molecule has 4 nitrogen and oxygen atoms in total. The van der Waals surface area contributed by atoms with Gasteiger partial charge in [-0.05, 0) is 30.5 Å². The highest BCUT2D eigenvalue weighted by Gasteiger charge is 2.25. The van der Waals surface area contributed by atoms with Gasteiger partial charge in [0, 0.05) is 18.8 Å². The summed E-state index contributed by atoms with van der Waals surface area (Å²) in [4.78, 5) is 0. The van der Waals surface area contributed by atoms with Crippen LogP contribution in [0.25, 0.3) is 0 Å². The summed E-state index contributed by atoms with van der Waals surface area (Å²) in [5.41, 5.74) is 7.29. The highest BCUT2D eigenvalue weighted by Crippen LogP contribution is 2.18. The first-order chi connectivity index (χ1) is 7.58. The number of hydrogen-bond acceptors (Lipinski definition) is 3. The van der Waals surface area contributed by atoms with Crippen molar-refractivity contribution >= 4 is 15.7 Å². The third kappa shape index (κ3) is 2.54. The second kappa shape index (κ2) is 4.43. The Morgan fingerprint density at radius 2 is 2.12 bits per heavy atom. The minimum absolute atomic E-state index is 0.273. The first kappa shape index (κ1) is 11.4. The van der Waals surface area contributed by atoms with Crippen LogP contribution in [0, 0.1) is 0 Å². The van der Waals surface area contributed by atoms with Gasteiger partial charge in [-0.2, -0.15) is 4.31 Å². The minimum Gasteiger partial charge on any atom is -0.399 e. The zero-order chi connectivity index (χ0) is 11.6. The van der Waals surface area contributed by atoms with E-state index in [1.165, 1.54) is 0 Å². The average molecular weight is 240 g/mol. The normalized spacial score (nSPS) is 20.8. The van der Waals surface area contributed by atoms with E-state index in [0.29, 0.717) is 18.8 Å². The second-order valence-corrected chi connectivity index (χ2v) is 6.19. The van der Waals surface area contributed by atoms with E-state index in [1.54, 1.807) is 10.4 Å². The molecule has 1 aromatic carbocycles. The Kier molecular flexibility index (Phi) is 3.16. The number of anilines is 1. The van der Waals surface area contributed by atoms with Crippen LogP contribution in [0.1, 0.15) is 18.4 Å². The van der Waals surface area contributed by atoms with Crippen molar-refractivity contribution in [1.29, 1.82) is 0 Å². The molecule has 1 heterocycles. The number of nitrogen functional groups attached to an aromatic ring is 1. The van der Waals surface area contributed by atoms with Gasteiger partial charge in [0.05, 0.1) is 5.75 Å². The Balaban J connectivity index is 2.15. The molecule has 0 spiro atoms. The fraction of sp³-hybridized carbons (Fsp3) is 0.455. The summed E-state index contributed by atoms with van der Waals surface area (Å²) in [6.45, 7) is 1.06. The maximum Gasteiger partial charge on any atom is 0.214 e. The molecule has 1 fully saturated rings. The Hall–Kier alpha value is -1.07. The topological polar surface area (TPSA) is 63.4 Å². The molecule has 0 saturated carbocycles. The SMILES string of the molecule is Nc1cccc(CN2CCCCS2(=O)=O)c1. The van der Waals surface area contributed by atoms with Crippen molar-refractivity contribution < 1.29 is 8.42 Å². The summed E-state index contributed by atoms with van der Waals surface area (Å²) >= 11 is 0. The summed E-state index contributed by atoms with van der Waals surface area (Å²) in [6.07, 6.45) is 1.72. The molecule has 5 heteroatoms. The van der Waals surface area contributed by atoms with E-state index in [-0.39, 0.29) is 5.75 Å². The van der Waals surface area contributed by atoms with E-state index < -0.39 is 10.0 Å². The zero-order valence-electron chi connectivity index (χ0n) is 9.09. The minimum atomic E-state index is -3.04. The molecule has 0 aliphatic carbocycles. The molecule has 88 valence electrons. The summed E-state index contributed by atoms with van der Waals surface area (Å²) in [5, 5.41) is 0. The van der Waals surface area contributed by atoms with E-state index in [0.717, 1.165) is 18.4 Å². The molecule has 1 aromatic rings. The van der Waals surface area contributed by atoms with Crippen molar-refractivity contribution in [3.8, 4) is 0 Å². The molecule has 0 unspecified atom stereocenters. The molecule has 0 aromatic heterocycles. The van der Waals surface area contributed by atoms with Gasteiger partial charge in [0.1, 0.15) is 0 Å². The molecule has 0 bridgehead atoms. The van der Waals surface area contributed by atoms with Gasteiger partial charge in [-0.15, -0.1) is 0 Å². The van der Waals surface area contributed by atoms with Crippen LogP contribution in [0.15, 0.2) is 24.3 Å². The molecular weight excluding hydrogens is 224 g/mol. The average Bonchev–Trinajstić information content (AvgIpc) is 2.21. The molecule has 2 rings (SSSR count). The number of nitrogens with two attached hydrogens (primary N) is 1. The maximum absolute atomic E-state index is 11.8. The van der Waals surface area contributed by atoms with Crippen LogP contribution in [0.5, 0.6) is 0 Å². The molecule has 0 atom stereocenters. The number of sulfonamides is 1. The predicted molar refractivity (Wildman–Crippen MR) is 64.3 cm³/mol. The summed E-state index contributed by atoms with van der Waals surface area (Å²) in [7, 11) is -3.04. The molecule has 0 radical (unpaired) electrons. The second-order valence-electron chi connectivity index (χ2n) is 4.10. The fourth-order valence-electron chi connectivity index (χ4n) is 1.91. The lowest BCUT2D eigenvalue weighted by Gasteiger charge is -2.26. The van der Waals surface area contributed by atoms with Crippen molar-refractivity contribution in [2.24, 2.45) is 0 Å². The summed E-state index contributed by atoms with van der Waals surface area (Å²) < 4.78 is 25.1. The monoisotopic (exact) mass is 240 g/mol. The third-order valence-corrected chi connectivity index (χ3v) is 4.67. The van der Waals surface area contributed by atoms with Gasteiger partial charge in [0.25, 0.3) is 0 Å². The van der Waals surface area contributed by atoms with Gasteiger partial charge >= 0.3 is 0 Å². The highest BCUT2D eigenvalue weighted by molar-refractivity contribution is 7.89. The fourth-order valence-corrected chi connectivity index (χ4v) is 3.49. The lowest BCUT2D eigenvalue weighted by Crippen LogP contribution is -2.37. The van der Waals surface area contributed by atoms with E-state index in [9.17, 15) is 8.42 Å². The Morgan fingerprint density at radius 3 is 2.81 bits per heavy atom. The summed E-state index contributed by atoms with van der Waals surface area (Å²) in [6, 6.07) is 7.38. The van der Waals surface area contributed by atoms with Crippen LogP contribution in [-0.4, -0.2) is 25.0 Å². The van der Waals surface area contributed by atoms with Gasteiger partial charge < -0.3 is 5.73 Å². The standard InChI is InChI=1S/C11H16N2O2S/c12-11-5-3-4-10(8-11)9-13-6-1-2-7-16(13,14)15/h3-5,8H,1-2,6-7,9,12H2. The first-order valence-corrected chi connectivity index (χ1v) is 7.01. The third-order valence-electron chi connectivity index (χ3n) is 2.76. The molecule has 2 N–H and O–H groups in total. The van der Waals surface area contributed by atoms with E-state index in [4.69, 9.17) is 5.73 Å². The molecular formula is C11H16N2O2S. The molecule has 0 amide bonds. The molecule has 1 aliphatic heterocycles. The largest absolute Gasteiger partial charge is 0.399 e. The molecule has 1 saturated heterocycles. The Bertz CT molecular complexity index is 471. The van der Waals surface area contributed by atoms with E-state index >= 15 is 0 Å². The first-order valence-electron chi connectivity index (χ1n) is 5.40. The Labute approximate surface area is 96.1 Å². The zero-order valence-corrected chi connectivity index (χ0v) is 9.91. The van der Waals surface area contributed by atoms with Crippen LogP contribution in [0.2, 0.25) is 0 Å². The van der Waals surface area contributed by atoms with Gasteiger partial charge in [-0.1, -0.05) is 12.1 Å². The van der Waals surface area contributed by atoms with E-state index in [2.05, 4.69) is 0 Å². The molecule has 16 heavy (non-hydrogen) atoms. The van der Waals surface area contributed by atoms with Gasteiger partial charge in [0.15, 0.2) is 0 Å². The maximum atomic E-state index is 11.8. The number of benzene rings is 1. The van der Waals surface area contributed by atoms with Gasteiger partial charge in [0.2, 0.25) is 10.0 Å². The van der Waals surface area contributed by atoms with Crippen LogP contribution in [0.3, 0.4) is 0 Å². The van der Waals surface area contributed by atoms with E-state index in [1.807, 2.05) is 18.2 Å².